The van der Waals surface area contributed by atoms with E-state index < -0.39 is 0 Å². The molecule has 10 aromatic rings. The van der Waals surface area contributed by atoms with Gasteiger partial charge in [0.05, 0.1) is 14.2 Å². The number of nitrogens with zero attached hydrogens (tertiary/aromatic N) is 2. The molecule has 74 heavy (non-hydrogen) atoms. The van der Waals surface area contributed by atoms with E-state index in [0.717, 1.165) is 74.3 Å². The van der Waals surface area contributed by atoms with Crippen LogP contribution in [0.25, 0.3) is 44.5 Å². The molecule has 0 saturated heterocycles. The van der Waals surface area contributed by atoms with Gasteiger partial charge in [0, 0.05) is 50.7 Å². The van der Waals surface area contributed by atoms with Crippen LogP contribution in [0.1, 0.15) is 55.0 Å². The van der Waals surface area contributed by atoms with Crippen LogP contribution in [0.15, 0.2) is 237 Å². The summed E-state index contributed by atoms with van der Waals surface area (Å²) in [4.78, 5) is 4.80. The van der Waals surface area contributed by atoms with Gasteiger partial charge in [0.15, 0.2) is 0 Å². The third-order valence-electron chi connectivity index (χ3n) is 15.3. The molecule has 0 radical (unpaired) electrons. The van der Waals surface area contributed by atoms with Crippen molar-refractivity contribution in [3.05, 3.63) is 264 Å². The molecule has 0 N–H and O–H groups in total. The smallest absolute Gasteiger partial charge is 0.126 e. The molecular formula is C70H62N2O2. The van der Waals surface area contributed by atoms with Crippen LogP contribution in [0, 0.1) is 13.8 Å². The third kappa shape index (κ3) is 8.92. The summed E-state index contributed by atoms with van der Waals surface area (Å²) in [5.74, 6) is 1.67. The molecule has 0 amide bonds. The fourth-order valence-electron chi connectivity index (χ4n) is 11.6. The molecule has 0 bridgehead atoms. The highest BCUT2D eigenvalue weighted by atomic mass is 16.5. The molecule has 0 heterocycles. The van der Waals surface area contributed by atoms with E-state index >= 15 is 0 Å². The minimum Gasteiger partial charge on any atom is -0.496 e. The molecule has 1 aliphatic carbocycles. The zero-order chi connectivity index (χ0) is 51.0. The standard InChI is InChI=1S/C70H62N2O2/c1-48-28-32-56(42-61(48)50-20-12-8-13-21-50)71(58-37-40-67(73-6)63(44-58)52-24-16-10-17-25-52)55-34-30-54(31-35-55)70(5)47-69(3,4)66-46-60(36-39-65(66)70)72(57-33-29-49(2)62(43-57)51-22-14-9-15-23-51)59-38-41-68(74-7)64(45-59)53-26-18-11-19-27-53/h8-46H,47H2,1-7H3. The Balaban J connectivity index is 1.02. The number of hydrogen-bond acceptors (Lipinski definition) is 4. The molecule has 1 unspecified atom stereocenters. The molecule has 4 heteroatoms. The lowest BCUT2D eigenvalue weighted by atomic mass is 9.75. The van der Waals surface area contributed by atoms with Crippen LogP contribution in [0.2, 0.25) is 0 Å². The van der Waals surface area contributed by atoms with Gasteiger partial charge in [0.1, 0.15) is 11.5 Å². The number of methoxy groups -OCH3 is 2. The van der Waals surface area contributed by atoms with E-state index in [1.807, 2.05) is 0 Å². The van der Waals surface area contributed by atoms with E-state index in [0.29, 0.717) is 0 Å². The summed E-state index contributed by atoms with van der Waals surface area (Å²) in [5.41, 5.74) is 21.7. The second-order valence-corrected chi connectivity index (χ2v) is 20.6. The minimum atomic E-state index is -0.249. The van der Waals surface area contributed by atoms with E-state index in [1.54, 1.807) is 14.2 Å². The van der Waals surface area contributed by atoms with Crippen LogP contribution in [-0.4, -0.2) is 14.2 Å². The largest absolute Gasteiger partial charge is 0.496 e. The lowest BCUT2D eigenvalue weighted by Crippen LogP contribution is -2.23. The van der Waals surface area contributed by atoms with Crippen LogP contribution in [0.4, 0.5) is 34.1 Å². The normalized spacial score (nSPS) is 14.5. The van der Waals surface area contributed by atoms with Crippen molar-refractivity contribution >= 4 is 34.1 Å². The maximum Gasteiger partial charge on any atom is 0.126 e. The lowest BCUT2D eigenvalue weighted by molar-refractivity contribution is 0.416. The molecule has 0 fully saturated rings. The van der Waals surface area contributed by atoms with Gasteiger partial charge < -0.3 is 19.3 Å². The van der Waals surface area contributed by atoms with Crippen LogP contribution in [0.5, 0.6) is 11.5 Å². The highest BCUT2D eigenvalue weighted by Gasteiger charge is 2.46. The molecule has 0 aliphatic heterocycles. The number of rotatable bonds is 13. The van der Waals surface area contributed by atoms with Crippen LogP contribution < -0.4 is 19.3 Å². The number of ether oxygens (including phenoxy) is 2. The van der Waals surface area contributed by atoms with Gasteiger partial charge in [-0.2, -0.15) is 0 Å². The Hall–Kier alpha value is -8.60. The van der Waals surface area contributed by atoms with Crippen LogP contribution >= 0.6 is 0 Å². The maximum atomic E-state index is 5.99. The Morgan fingerprint density at radius 1 is 0.338 bits per heavy atom. The highest BCUT2D eigenvalue weighted by molar-refractivity contribution is 5.87. The monoisotopic (exact) mass is 962 g/mol. The molecule has 1 aliphatic rings. The Bertz CT molecular complexity index is 3610. The van der Waals surface area contributed by atoms with Crippen molar-refractivity contribution in [2.75, 3.05) is 24.0 Å². The number of hydrogen-bond donors (Lipinski definition) is 0. The summed E-state index contributed by atoms with van der Waals surface area (Å²) in [5, 5.41) is 0. The van der Waals surface area contributed by atoms with E-state index in [9.17, 15) is 0 Å². The molecule has 11 rings (SSSR count). The molecule has 10 aromatic carbocycles. The Labute approximate surface area is 437 Å². The SMILES string of the molecule is COc1ccc(N(c2ccc(C3(C)CC(C)(C)c4cc(N(c5ccc(C)c(-c6ccccc6)c5)c5ccc(OC)c(-c6ccccc6)c5)ccc43)cc2)c2ccc(C)c(-c3ccccc3)c2)cc1-c1ccccc1. The van der Waals surface area contributed by atoms with Gasteiger partial charge in [-0.15, -0.1) is 0 Å². The fourth-order valence-corrected chi connectivity index (χ4v) is 11.6. The predicted molar refractivity (Wildman–Crippen MR) is 311 cm³/mol. The van der Waals surface area contributed by atoms with Gasteiger partial charge in [-0.1, -0.05) is 172 Å². The quantitative estimate of drug-likeness (QED) is 0.115. The van der Waals surface area contributed by atoms with E-state index in [4.69, 9.17) is 9.47 Å². The summed E-state index contributed by atoms with van der Waals surface area (Å²) in [7, 11) is 3.50. The number of aryl methyl sites for hydroxylation is 2. The summed E-state index contributed by atoms with van der Waals surface area (Å²) < 4.78 is 11.9. The van der Waals surface area contributed by atoms with Crippen molar-refractivity contribution in [2.45, 2.75) is 51.9 Å². The Kier molecular flexibility index (Phi) is 12.8. The number of anilines is 6. The summed E-state index contributed by atoms with van der Waals surface area (Å²) in [6.45, 7) is 11.7. The van der Waals surface area contributed by atoms with Crippen LogP contribution in [-0.2, 0) is 10.8 Å². The summed E-state index contributed by atoms with van der Waals surface area (Å²) in [6.07, 6.45) is 0.961. The number of fused-ring (bicyclic) bond motifs is 1. The molecule has 0 aromatic heterocycles. The first-order valence-corrected chi connectivity index (χ1v) is 25.7. The molecule has 0 saturated carbocycles. The first-order valence-electron chi connectivity index (χ1n) is 25.7. The second kappa shape index (κ2) is 19.8. The van der Waals surface area contributed by atoms with E-state index in [2.05, 4.69) is 281 Å². The van der Waals surface area contributed by atoms with Gasteiger partial charge >= 0.3 is 0 Å². The third-order valence-corrected chi connectivity index (χ3v) is 15.3. The molecule has 0 spiro atoms. The fraction of sp³-hybridized carbons (Fsp3) is 0.143. The Morgan fingerprint density at radius 3 is 1.09 bits per heavy atom. The average molecular weight is 963 g/mol. The predicted octanol–water partition coefficient (Wildman–Crippen LogP) is 18.9. The molecule has 364 valence electrons. The molecule has 1 atom stereocenters. The maximum absolute atomic E-state index is 5.99. The van der Waals surface area contributed by atoms with Gasteiger partial charge in [-0.05, 0) is 172 Å². The second-order valence-electron chi connectivity index (χ2n) is 20.6. The number of benzene rings is 10. The van der Waals surface area contributed by atoms with Crippen molar-refractivity contribution in [1.29, 1.82) is 0 Å². The topological polar surface area (TPSA) is 24.9 Å². The Morgan fingerprint density at radius 2 is 0.676 bits per heavy atom. The van der Waals surface area contributed by atoms with Crippen LogP contribution in [0.3, 0.4) is 0 Å². The first kappa shape index (κ1) is 47.7. The van der Waals surface area contributed by atoms with Gasteiger partial charge in [-0.3, -0.25) is 0 Å². The zero-order valence-electron chi connectivity index (χ0n) is 43.4. The van der Waals surface area contributed by atoms with Gasteiger partial charge in [0.2, 0.25) is 0 Å². The first-order chi connectivity index (χ1) is 36.0. The molecular weight excluding hydrogens is 901 g/mol. The average Bonchev–Trinajstić information content (AvgIpc) is 3.66. The zero-order valence-corrected chi connectivity index (χ0v) is 43.4. The molecule has 4 nitrogen and oxygen atoms in total. The van der Waals surface area contributed by atoms with Crippen molar-refractivity contribution in [2.24, 2.45) is 0 Å². The van der Waals surface area contributed by atoms with Crippen molar-refractivity contribution in [3.8, 4) is 56.0 Å². The van der Waals surface area contributed by atoms with Crippen molar-refractivity contribution in [3.63, 3.8) is 0 Å². The van der Waals surface area contributed by atoms with Gasteiger partial charge in [-0.25, -0.2) is 0 Å². The summed E-state index contributed by atoms with van der Waals surface area (Å²) >= 11 is 0. The summed E-state index contributed by atoms with van der Waals surface area (Å²) in [6, 6.07) is 85.8. The lowest BCUT2D eigenvalue weighted by Gasteiger charge is -2.31. The minimum absolute atomic E-state index is 0.124. The van der Waals surface area contributed by atoms with E-state index in [1.165, 1.54) is 50.1 Å². The van der Waals surface area contributed by atoms with Crippen molar-refractivity contribution in [1.82, 2.24) is 0 Å². The highest BCUT2D eigenvalue weighted by Crippen LogP contribution is 2.55. The van der Waals surface area contributed by atoms with Crippen molar-refractivity contribution < 1.29 is 9.47 Å². The van der Waals surface area contributed by atoms with E-state index in [-0.39, 0.29) is 10.8 Å². The van der Waals surface area contributed by atoms with Gasteiger partial charge in [0.25, 0.3) is 0 Å².